The van der Waals surface area contributed by atoms with E-state index in [-0.39, 0.29) is 17.4 Å². The van der Waals surface area contributed by atoms with Crippen molar-refractivity contribution < 1.29 is 18.4 Å². The fourth-order valence-corrected chi connectivity index (χ4v) is 3.53. The Hall–Kier alpha value is -2.03. The molecule has 0 aliphatic carbocycles. The molecule has 1 fully saturated rings. The third-order valence-electron chi connectivity index (χ3n) is 4.41. The van der Waals surface area contributed by atoms with Crippen LogP contribution in [0.4, 0.5) is 14.5 Å². The van der Waals surface area contributed by atoms with Gasteiger partial charge < -0.3 is 10.2 Å². The quantitative estimate of drug-likeness (QED) is 0.689. The normalized spacial score (nSPS) is 15.0. The molecule has 26 heavy (non-hydrogen) atoms. The van der Waals surface area contributed by atoms with Gasteiger partial charge in [0.1, 0.15) is 11.6 Å². The van der Waals surface area contributed by atoms with Crippen LogP contribution in [0.2, 0.25) is 0 Å². The van der Waals surface area contributed by atoms with Crippen LogP contribution >= 0.6 is 22.6 Å². The Balaban J connectivity index is 1.58. The molecule has 3 rings (SSSR count). The maximum atomic E-state index is 13.8. The van der Waals surface area contributed by atoms with Crippen LogP contribution in [-0.4, -0.2) is 29.8 Å². The maximum Gasteiger partial charge on any atom is 0.256 e. The Labute approximate surface area is 163 Å². The summed E-state index contributed by atoms with van der Waals surface area (Å²) in [5, 5.41) is 2.89. The highest BCUT2D eigenvalue weighted by Gasteiger charge is 2.29. The highest BCUT2D eigenvalue weighted by Crippen LogP contribution is 2.22. The van der Waals surface area contributed by atoms with Crippen molar-refractivity contribution in [2.45, 2.75) is 12.8 Å². The number of amides is 2. The van der Waals surface area contributed by atoms with Gasteiger partial charge in [-0.3, -0.25) is 9.59 Å². The van der Waals surface area contributed by atoms with E-state index in [1.165, 1.54) is 4.90 Å². The van der Waals surface area contributed by atoms with E-state index in [0.717, 1.165) is 21.4 Å². The molecule has 0 unspecified atom stereocenters. The van der Waals surface area contributed by atoms with Crippen LogP contribution in [0.5, 0.6) is 0 Å². The Morgan fingerprint density at radius 3 is 2.46 bits per heavy atom. The van der Waals surface area contributed by atoms with Gasteiger partial charge in [-0.05, 0) is 65.8 Å². The van der Waals surface area contributed by atoms with E-state index >= 15 is 0 Å². The molecule has 0 radical (unpaired) electrons. The summed E-state index contributed by atoms with van der Waals surface area (Å²) in [7, 11) is 0. The number of benzene rings is 2. The molecule has 0 aromatic heterocycles. The van der Waals surface area contributed by atoms with E-state index in [1.54, 1.807) is 0 Å². The lowest BCUT2D eigenvalue weighted by molar-refractivity contribution is -0.121. The SMILES string of the molecule is O=C(Nc1cccc(I)c1)C1CCN(C(=O)c2ccc(F)cc2F)CC1. The number of nitrogens with one attached hydrogen (secondary N) is 1. The van der Waals surface area contributed by atoms with Crippen molar-refractivity contribution in [1.29, 1.82) is 0 Å². The number of likely N-dealkylation sites (tertiary alicyclic amines) is 1. The van der Waals surface area contributed by atoms with Crippen molar-refractivity contribution in [3.05, 3.63) is 63.2 Å². The molecule has 0 saturated carbocycles. The van der Waals surface area contributed by atoms with E-state index in [1.807, 2.05) is 24.3 Å². The standard InChI is InChI=1S/C19H17F2IN2O2/c20-13-4-5-16(17(21)10-13)19(26)24-8-6-12(7-9-24)18(25)23-15-3-1-2-14(22)11-15/h1-5,10-12H,6-9H2,(H,23,25). The Morgan fingerprint density at radius 2 is 1.81 bits per heavy atom. The minimum atomic E-state index is -0.867. The minimum Gasteiger partial charge on any atom is -0.339 e. The molecule has 0 atom stereocenters. The van der Waals surface area contributed by atoms with Crippen LogP contribution < -0.4 is 5.32 Å². The van der Waals surface area contributed by atoms with Gasteiger partial charge in [-0.2, -0.15) is 0 Å². The molecule has 1 aliphatic rings. The summed E-state index contributed by atoms with van der Waals surface area (Å²) in [6, 6.07) is 10.4. The van der Waals surface area contributed by atoms with Crippen LogP contribution in [0.1, 0.15) is 23.2 Å². The number of hydrogen-bond donors (Lipinski definition) is 1. The number of nitrogens with zero attached hydrogens (tertiary/aromatic N) is 1. The third kappa shape index (κ3) is 4.38. The lowest BCUT2D eigenvalue weighted by Crippen LogP contribution is -2.41. The highest BCUT2D eigenvalue weighted by molar-refractivity contribution is 14.1. The average Bonchev–Trinajstić information content (AvgIpc) is 2.61. The van der Waals surface area contributed by atoms with Crippen LogP contribution in [0, 0.1) is 21.1 Å². The molecular formula is C19H17F2IN2O2. The molecule has 136 valence electrons. The second-order valence-corrected chi connectivity index (χ2v) is 7.44. The van der Waals surface area contributed by atoms with Crippen LogP contribution in [-0.2, 0) is 4.79 Å². The van der Waals surface area contributed by atoms with E-state index < -0.39 is 17.5 Å². The summed E-state index contributed by atoms with van der Waals surface area (Å²) in [6.45, 7) is 0.722. The number of rotatable bonds is 3. The van der Waals surface area contributed by atoms with E-state index in [0.29, 0.717) is 32.0 Å². The molecule has 2 amide bonds. The number of piperidine rings is 1. The monoisotopic (exact) mass is 470 g/mol. The number of carbonyl (C=O) groups is 2. The van der Waals surface area contributed by atoms with Gasteiger partial charge >= 0.3 is 0 Å². The molecule has 0 bridgehead atoms. The molecule has 0 spiro atoms. The van der Waals surface area contributed by atoms with Crippen LogP contribution in [0.15, 0.2) is 42.5 Å². The lowest BCUT2D eigenvalue weighted by Gasteiger charge is -2.31. The largest absolute Gasteiger partial charge is 0.339 e. The summed E-state index contributed by atoms with van der Waals surface area (Å²) >= 11 is 2.18. The first-order valence-corrected chi connectivity index (χ1v) is 9.32. The highest BCUT2D eigenvalue weighted by atomic mass is 127. The van der Waals surface area contributed by atoms with Gasteiger partial charge in [0, 0.05) is 34.3 Å². The molecule has 2 aromatic rings. The molecule has 1 heterocycles. The molecule has 7 heteroatoms. The van der Waals surface area contributed by atoms with Crippen molar-refractivity contribution >= 4 is 40.1 Å². The van der Waals surface area contributed by atoms with Gasteiger partial charge in [-0.15, -0.1) is 0 Å². The van der Waals surface area contributed by atoms with Crippen molar-refractivity contribution in [3.63, 3.8) is 0 Å². The molecule has 1 aliphatic heterocycles. The molecule has 4 nitrogen and oxygen atoms in total. The summed E-state index contributed by atoms with van der Waals surface area (Å²) in [4.78, 5) is 26.3. The topological polar surface area (TPSA) is 49.4 Å². The van der Waals surface area contributed by atoms with Crippen molar-refractivity contribution in [1.82, 2.24) is 4.90 Å². The van der Waals surface area contributed by atoms with E-state index in [4.69, 9.17) is 0 Å². The first-order chi connectivity index (χ1) is 12.4. The van der Waals surface area contributed by atoms with Gasteiger partial charge in [0.15, 0.2) is 0 Å². The Morgan fingerprint density at radius 1 is 1.08 bits per heavy atom. The average molecular weight is 470 g/mol. The lowest BCUT2D eigenvalue weighted by atomic mass is 9.95. The number of carbonyl (C=O) groups excluding carboxylic acids is 2. The maximum absolute atomic E-state index is 13.8. The van der Waals surface area contributed by atoms with Gasteiger partial charge in [0.25, 0.3) is 5.91 Å². The van der Waals surface area contributed by atoms with Crippen LogP contribution in [0.3, 0.4) is 0 Å². The van der Waals surface area contributed by atoms with Gasteiger partial charge in [0.05, 0.1) is 5.56 Å². The molecule has 2 aromatic carbocycles. The summed E-state index contributed by atoms with van der Waals surface area (Å²) in [5.74, 6) is -2.33. The minimum absolute atomic E-state index is 0.0768. The number of anilines is 1. The second kappa shape index (κ2) is 8.11. The predicted molar refractivity (Wildman–Crippen MR) is 103 cm³/mol. The van der Waals surface area contributed by atoms with Crippen molar-refractivity contribution in [2.24, 2.45) is 5.92 Å². The summed E-state index contributed by atoms with van der Waals surface area (Å²) in [5.41, 5.74) is 0.599. The summed E-state index contributed by atoms with van der Waals surface area (Å²) < 4.78 is 27.8. The zero-order valence-electron chi connectivity index (χ0n) is 13.8. The zero-order valence-corrected chi connectivity index (χ0v) is 16.0. The molecule has 1 N–H and O–H groups in total. The van der Waals surface area contributed by atoms with Crippen molar-refractivity contribution in [2.75, 3.05) is 18.4 Å². The molecular weight excluding hydrogens is 453 g/mol. The van der Waals surface area contributed by atoms with Gasteiger partial charge in [-0.1, -0.05) is 6.07 Å². The zero-order chi connectivity index (χ0) is 18.7. The Bertz CT molecular complexity index is 836. The van der Waals surface area contributed by atoms with Gasteiger partial charge in [0.2, 0.25) is 5.91 Å². The fourth-order valence-electron chi connectivity index (χ4n) is 2.99. The number of hydrogen-bond acceptors (Lipinski definition) is 2. The summed E-state index contributed by atoms with van der Waals surface area (Å²) in [6.07, 6.45) is 1.01. The Kier molecular flexibility index (Phi) is 5.85. The van der Waals surface area contributed by atoms with Gasteiger partial charge in [-0.25, -0.2) is 8.78 Å². The first-order valence-electron chi connectivity index (χ1n) is 8.25. The van der Waals surface area contributed by atoms with E-state index in [9.17, 15) is 18.4 Å². The van der Waals surface area contributed by atoms with Crippen LogP contribution in [0.25, 0.3) is 0 Å². The predicted octanol–water partition coefficient (Wildman–Crippen LogP) is 4.06. The number of halogens is 3. The first kappa shape index (κ1) is 18.8. The van der Waals surface area contributed by atoms with Crippen molar-refractivity contribution in [3.8, 4) is 0 Å². The second-order valence-electron chi connectivity index (χ2n) is 6.19. The third-order valence-corrected chi connectivity index (χ3v) is 5.08. The van der Waals surface area contributed by atoms with E-state index in [2.05, 4.69) is 27.9 Å². The smallest absolute Gasteiger partial charge is 0.256 e. The molecule has 1 saturated heterocycles. The fraction of sp³-hybridized carbons (Fsp3) is 0.263.